The average molecular weight is 452 g/mol. The van der Waals surface area contributed by atoms with Gasteiger partial charge in [0.2, 0.25) is 0 Å². The maximum Gasteiger partial charge on any atom is 0.335 e. The number of carbonyl (C=O) groups is 4. The number of urea groups is 1. The number of nitrogens with zero attached hydrogens (tertiary/aromatic N) is 1. The lowest BCUT2D eigenvalue weighted by Gasteiger charge is -2.26. The Morgan fingerprint density at radius 2 is 1.73 bits per heavy atom. The van der Waals surface area contributed by atoms with Gasteiger partial charge in [-0.1, -0.05) is 23.2 Å². The number of barbiturate groups is 1. The average Bonchev–Trinajstić information content (AvgIpc) is 2.65. The van der Waals surface area contributed by atoms with Crippen molar-refractivity contribution < 1.29 is 33.4 Å². The molecule has 0 unspecified atom stereocenters. The fourth-order valence-electron chi connectivity index (χ4n) is 2.58. The van der Waals surface area contributed by atoms with Crippen LogP contribution in [0, 0.1) is 5.82 Å². The van der Waals surface area contributed by atoms with E-state index in [0.717, 1.165) is 18.2 Å². The molecule has 0 radical (unpaired) electrons. The number of imide groups is 2. The summed E-state index contributed by atoms with van der Waals surface area (Å²) in [6.45, 7) is -0.782. The lowest BCUT2D eigenvalue weighted by molar-refractivity contribution is -0.307. The number of rotatable bonds is 5. The largest absolute Gasteiger partial charge is 0.546 e. The van der Waals surface area contributed by atoms with E-state index < -0.39 is 41.8 Å². The lowest BCUT2D eigenvalue weighted by Crippen LogP contribution is -2.54. The number of hydrogen-bond acceptors (Lipinski definition) is 6. The van der Waals surface area contributed by atoms with Crippen LogP contribution in [0.4, 0.5) is 14.9 Å². The van der Waals surface area contributed by atoms with Crippen LogP contribution in [0.5, 0.6) is 5.75 Å². The van der Waals surface area contributed by atoms with E-state index in [9.17, 15) is 28.7 Å². The topological polar surface area (TPSA) is 116 Å². The molecule has 0 aliphatic carbocycles. The fraction of sp³-hybridized carbons (Fsp3) is 0.0526. The van der Waals surface area contributed by atoms with E-state index in [1.165, 1.54) is 24.3 Å². The quantitative estimate of drug-likeness (QED) is 0.548. The third kappa shape index (κ3) is 4.42. The van der Waals surface area contributed by atoms with E-state index in [4.69, 9.17) is 27.9 Å². The minimum absolute atomic E-state index is 0.0550. The van der Waals surface area contributed by atoms with Gasteiger partial charge < -0.3 is 14.6 Å². The Hall–Kier alpha value is -3.43. The second-order valence-corrected chi connectivity index (χ2v) is 6.72. The smallest absolute Gasteiger partial charge is 0.335 e. The minimum Gasteiger partial charge on any atom is -0.546 e. The Morgan fingerprint density at radius 1 is 1.13 bits per heavy atom. The number of carboxylic acid groups (broad SMARTS) is 1. The highest BCUT2D eigenvalue weighted by atomic mass is 35.5. The molecule has 0 saturated carbocycles. The first-order valence-corrected chi connectivity index (χ1v) is 8.91. The van der Waals surface area contributed by atoms with Crippen molar-refractivity contribution in [1.82, 2.24) is 5.32 Å². The van der Waals surface area contributed by atoms with E-state index in [0.29, 0.717) is 4.90 Å². The van der Waals surface area contributed by atoms with Crippen LogP contribution in [0.15, 0.2) is 42.0 Å². The molecule has 1 aliphatic heterocycles. The van der Waals surface area contributed by atoms with E-state index >= 15 is 0 Å². The van der Waals surface area contributed by atoms with Gasteiger partial charge in [0, 0.05) is 0 Å². The number of aliphatic carboxylic acids is 1. The summed E-state index contributed by atoms with van der Waals surface area (Å²) in [5, 5.41) is 12.4. The van der Waals surface area contributed by atoms with Crippen LogP contribution in [0.2, 0.25) is 10.0 Å². The molecule has 0 atom stereocenters. The molecular formula is C19H10Cl2FN2O6-. The van der Waals surface area contributed by atoms with Gasteiger partial charge in [-0.25, -0.2) is 14.1 Å². The monoisotopic (exact) mass is 451 g/mol. The van der Waals surface area contributed by atoms with Crippen LogP contribution in [0.1, 0.15) is 5.56 Å². The molecule has 2 aromatic carbocycles. The highest BCUT2D eigenvalue weighted by Gasteiger charge is 2.36. The molecule has 0 bridgehead atoms. The molecule has 2 aromatic rings. The second kappa shape index (κ2) is 8.52. The number of carbonyl (C=O) groups excluding carboxylic acids is 4. The predicted molar refractivity (Wildman–Crippen MR) is 102 cm³/mol. The maximum absolute atomic E-state index is 13.1. The molecule has 8 nitrogen and oxygen atoms in total. The number of ether oxygens (including phenoxy) is 1. The summed E-state index contributed by atoms with van der Waals surface area (Å²) in [7, 11) is 0. The molecule has 154 valence electrons. The summed E-state index contributed by atoms with van der Waals surface area (Å²) < 4.78 is 18.1. The van der Waals surface area contributed by atoms with E-state index in [2.05, 4.69) is 0 Å². The zero-order chi connectivity index (χ0) is 22.0. The Kier molecular flexibility index (Phi) is 6.04. The van der Waals surface area contributed by atoms with Crippen LogP contribution >= 0.6 is 23.2 Å². The van der Waals surface area contributed by atoms with Crippen LogP contribution in [-0.2, 0) is 14.4 Å². The van der Waals surface area contributed by atoms with Crippen molar-refractivity contribution in [1.29, 1.82) is 0 Å². The number of hydrogen-bond donors (Lipinski definition) is 1. The summed E-state index contributed by atoms with van der Waals surface area (Å²) in [4.78, 5) is 48.3. The highest BCUT2D eigenvalue weighted by molar-refractivity contribution is 6.40. The van der Waals surface area contributed by atoms with Crippen LogP contribution < -0.4 is 20.1 Å². The Balaban J connectivity index is 1.96. The third-order valence-corrected chi connectivity index (χ3v) is 4.41. The van der Waals surface area contributed by atoms with Gasteiger partial charge in [0.05, 0.1) is 21.7 Å². The van der Waals surface area contributed by atoms with Crippen molar-refractivity contribution in [3.8, 4) is 5.75 Å². The number of nitrogens with one attached hydrogen (secondary N) is 1. The summed E-state index contributed by atoms with van der Waals surface area (Å²) in [6, 6.07) is 6.10. The predicted octanol–water partition coefficient (Wildman–Crippen LogP) is 1.93. The summed E-state index contributed by atoms with van der Waals surface area (Å²) in [6.07, 6.45) is 1.14. The van der Waals surface area contributed by atoms with Crippen LogP contribution in [-0.4, -0.2) is 30.4 Å². The molecular weight excluding hydrogens is 442 g/mol. The normalized spacial score (nSPS) is 15.4. The van der Waals surface area contributed by atoms with E-state index in [1.54, 1.807) is 0 Å². The van der Waals surface area contributed by atoms with Crippen molar-refractivity contribution in [3.05, 3.63) is 63.4 Å². The third-order valence-electron chi connectivity index (χ3n) is 3.85. The first kappa shape index (κ1) is 21.3. The zero-order valence-electron chi connectivity index (χ0n) is 14.8. The summed E-state index contributed by atoms with van der Waals surface area (Å²) in [5.74, 6) is -4.07. The standard InChI is InChI=1S/C19H11Cl2FN2O6/c20-13-6-9(7-14(21)16(13)30-8-15(25)26)5-12-17(27)23-19(29)24(18(12)28)11-3-1-10(22)2-4-11/h1-7H,8H2,(H,25,26)(H,23,27,29)/p-1/b12-5+. The first-order chi connectivity index (χ1) is 14.2. The van der Waals surface area contributed by atoms with Crippen molar-refractivity contribution in [2.24, 2.45) is 0 Å². The molecule has 1 aliphatic rings. The minimum atomic E-state index is -1.48. The Morgan fingerprint density at radius 3 is 2.30 bits per heavy atom. The number of carboxylic acids is 1. The maximum atomic E-state index is 13.1. The van der Waals surface area contributed by atoms with Gasteiger partial charge in [-0.15, -0.1) is 0 Å². The zero-order valence-corrected chi connectivity index (χ0v) is 16.3. The number of benzene rings is 2. The van der Waals surface area contributed by atoms with Gasteiger partial charge in [-0.3, -0.25) is 14.9 Å². The van der Waals surface area contributed by atoms with Gasteiger partial charge in [0.1, 0.15) is 18.0 Å². The Labute approximate surface area is 178 Å². The van der Waals surface area contributed by atoms with Crippen LogP contribution in [0.3, 0.4) is 0 Å². The molecule has 1 fully saturated rings. The van der Waals surface area contributed by atoms with Gasteiger partial charge in [-0.2, -0.15) is 0 Å². The van der Waals surface area contributed by atoms with Gasteiger partial charge in [-0.05, 0) is 48.0 Å². The molecule has 1 saturated heterocycles. The lowest BCUT2D eigenvalue weighted by atomic mass is 10.1. The van der Waals surface area contributed by atoms with Crippen molar-refractivity contribution in [3.63, 3.8) is 0 Å². The molecule has 0 aromatic heterocycles. The fourth-order valence-corrected chi connectivity index (χ4v) is 3.19. The van der Waals surface area contributed by atoms with Crippen LogP contribution in [0.25, 0.3) is 6.08 Å². The second-order valence-electron chi connectivity index (χ2n) is 5.91. The molecule has 1 N–H and O–H groups in total. The van der Waals surface area contributed by atoms with Crippen molar-refractivity contribution in [2.45, 2.75) is 0 Å². The number of halogens is 3. The summed E-state index contributed by atoms with van der Waals surface area (Å²) in [5.41, 5.74) is -0.147. The number of anilines is 1. The van der Waals surface area contributed by atoms with Gasteiger partial charge >= 0.3 is 6.03 Å². The van der Waals surface area contributed by atoms with Gasteiger partial charge in [0.15, 0.2) is 5.75 Å². The van der Waals surface area contributed by atoms with E-state index in [-0.39, 0.29) is 27.0 Å². The molecule has 1 heterocycles. The SMILES string of the molecule is O=C([O-])COc1c(Cl)cc(/C=C2\C(=O)NC(=O)N(c3ccc(F)cc3)C2=O)cc1Cl. The van der Waals surface area contributed by atoms with Crippen molar-refractivity contribution in [2.75, 3.05) is 11.5 Å². The molecule has 3 rings (SSSR count). The van der Waals surface area contributed by atoms with Crippen molar-refractivity contribution >= 4 is 58.8 Å². The first-order valence-electron chi connectivity index (χ1n) is 8.16. The Bertz CT molecular complexity index is 1080. The highest BCUT2D eigenvalue weighted by Crippen LogP contribution is 2.35. The van der Waals surface area contributed by atoms with Gasteiger partial charge in [0.25, 0.3) is 11.8 Å². The summed E-state index contributed by atoms with van der Waals surface area (Å²) >= 11 is 12.1. The molecule has 0 spiro atoms. The van der Waals surface area contributed by atoms with E-state index in [1.807, 2.05) is 5.32 Å². The number of amides is 4. The molecule has 4 amide bonds. The molecule has 30 heavy (non-hydrogen) atoms. The molecule has 11 heteroatoms.